The smallest absolute Gasteiger partial charge is 0.253 e. The molecule has 21 heavy (non-hydrogen) atoms. The third-order valence-electron chi connectivity index (χ3n) is 3.44. The van der Waals surface area contributed by atoms with E-state index in [1.54, 1.807) is 0 Å². The van der Waals surface area contributed by atoms with Crippen molar-refractivity contribution in [2.75, 3.05) is 32.9 Å². The van der Waals surface area contributed by atoms with Crippen molar-refractivity contribution in [1.82, 2.24) is 4.90 Å². The summed E-state index contributed by atoms with van der Waals surface area (Å²) in [5, 5.41) is 8.73. The minimum atomic E-state index is 0.0541. The third-order valence-corrected chi connectivity index (χ3v) is 3.44. The Hall–Kier alpha value is -1.83. The molecule has 0 aliphatic carbocycles. The van der Waals surface area contributed by atoms with E-state index < -0.39 is 0 Å². The normalized spacial score (nSPS) is 15.0. The number of aliphatic hydroxyl groups excluding tert-OH is 1. The number of carbonyl (C=O) groups is 1. The molecule has 1 N–H and O–H groups in total. The molecule has 0 bridgehead atoms. The van der Waals surface area contributed by atoms with Crippen LogP contribution in [0.2, 0.25) is 0 Å². The molecule has 1 aromatic carbocycles. The van der Waals surface area contributed by atoms with Crippen molar-refractivity contribution in [1.29, 1.82) is 0 Å². The monoisotopic (exact) mass is 287 g/mol. The van der Waals surface area contributed by atoms with Crippen molar-refractivity contribution in [3.8, 4) is 11.8 Å². The summed E-state index contributed by atoms with van der Waals surface area (Å²) in [6.45, 7) is 4.74. The molecule has 1 amide bonds. The van der Waals surface area contributed by atoms with Gasteiger partial charge in [0.25, 0.3) is 5.91 Å². The predicted molar refractivity (Wildman–Crippen MR) is 81.1 cm³/mol. The van der Waals surface area contributed by atoms with Gasteiger partial charge in [0.15, 0.2) is 0 Å². The average Bonchev–Trinajstić information content (AvgIpc) is 2.77. The number of nitrogens with zero attached hydrogens (tertiary/aromatic N) is 1. The number of carbonyl (C=O) groups excluding carboxylic acids is 1. The van der Waals surface area contributed by atoms with Crippen molar-refractivity contribution in [2.24, 2.45) is 0 Å². The van der Waals surface area contributed by atoms with Crippen LogP contribution in [-0.4, -0.2) is 48.8 Å². The topological polar surface area (TPSA) is 49.8 Å². The SMILES string of the molecule is Cc1cc(C(=O)N2CCCOCC2)ccc1C#CCCO. The van der Waals surface area contributed by atoms with Crippen LogP contribution in [0.15, 0.2) is 18.2 Å². The number of hydrogen-bond acceptors (Lipinski definition) is 3. The van der Waals surface area contributed by atoms with Gasteiger partial charge in [-0.1, -0.05) is 11.8 Å². The molecule has 1 heterocycles. The highest BCUT2D eigenvalue weighted by Crippen LogP contribution is 2.13. The second-order valence-corrected chi connectivity index (χ2v) is 5.06. The van der Waals surface area contributed by atoms with Gasteiger partial charge in [-0.3, -0.25) is 4.79 Å². The van der Waals surface area contributed by atoms with E-state index in [2.05, 4.69) is 11.8 Å². The molecular formula is C17H21NO3. The molecule has 1 saturated heterocycles. The lowest BCUT2D eigenvalue weighted by atomic mass is 10.0. The lowest BCUT2D eigenvalue weighted by molar-refractivity contribution is 0.0741. The molecule has 4 heteroatoms. The molecule has 1 aromatic rings. The summed E-state index contributed by atoms with van der Waals surface area (Å²) in [6.07, 6.45) is 1.35. The van der Waals surface area contributed by atoms with Gasteiger partial charge in [0.1, 0.15) is 0 Å². The van der Waals surface area contributed by atoms with Crippen LogP contribution in [0, 0.1) is 18.8 Å². The quantitative estimate of drug-likeness (QED) is 0.840. The van der Waals surface area contributed by atoms with Gasteiger partial charge in [-0.2, -0.15) is 0 Å². The van der Waals surface area contributed by atoms with E-state index in [-0.39, 0.29) is 12.5 Å². The van der Waals surface area contributed by atoms with Crippen molar-refractivity contribution in [3.63, 3.8) is 0 Å². The Balaban J connectivity index is 2.12. The van der Waals surface area contributed by atoms with E-state index in [1.165, 1.54) is 0 Å². The fourth-order valence-electron chi connectivity index (χ4n) is 2.28. The second-order valence-electron chi connectivity index (χ2n) is 5.06. The first-order valence-electron chi connectivity index (χ1n) is 7.30. The van der Waals surface area contributed by atoms with Crippen LogP contribution in [0.25, 0.3) is 0 Å². The zero-order valence-corrected chi connectivity index (χ0v) is 12.4. The van der Waals surface area contributed by atoms with Gasteiger partial charge in [0, 0.05) is 37.2 Å². The number of hydrogen-bond donors (Lipinski definition) is 1. The van der Waals surface area contributed by atoms with Crippen LogP contribution in [-0.2, 0) is 4.74 Å². The first kappa shape index (κ1) is 15.6. The van der Waals surface area contributed by atoms with Gasteiger partial charge in [-0.05, 0) is 37.1 Å². The van der Waals surface area contributed by atoms with Crippen LogP contribution >= 0.6 is 0 Å². The van der Waals surface area contributed by atoms with Gasteiger partial charge < -0.3 is 14.7 Å². The summed E-state index contributed by atoms with van der Waals surface area (Å²) in [7, 11) is 0. The Labute approximate surface area is 125 Å². The Bertz CT molecular complexity index is 549. The maximum Gasteiger partial charge on any atom is 0.253 e. The Morgan fingerprint density at radius 3 is 3.00 bits per heavy atom. The number of aliphatic hydroxyl groups is 1. The highest BCUT2D eigenvalue weighted by molar-refractivity contribution is 5.94. The molecule has 1 fully saturated rings. The number of rotatable bonds is 2. The average molecular weight is 287 g/mol. The van der Waals surface area contributed by atoms with E-state index in [4.69, 9.17) is 9.84 Å². The van der Waals surface area contributed by atoms with Gasteiger partial charge in [-0.25, -0.2) is 0 Å². The molecule has 0 radical (unpaired) electrons. The number of aryl methyl sites for hydroxylation is 1. The minimum Gasteiger partial charge on any atom is -0.395 e. The predicted octanol–water partition coefficient (Wildman–Crippen LogP) is 1.59. The van der Waals surface area contributed by atoms with Crippen LogP contribution in [0.5, 0.6) is 0 Å². The maximum atomic E-state index is 12.5. The first-order chi connectivity index (χ1) is 10.2. The molecule has 0 unspecified atom stereocenters. The summed E-state index contributed by atoms with van der Waals surface area (Å²) in [5.74, 6) is 5.97. The van der Waals surface area contributed by atoms with Crippen LogP contribution in [0.1, 0.15) is 34.3 Å². The largest absolute Gasteiger partial charge is 0.395 e. The molecule has 0 aromatic heterocycles. The molecule has 112 valence electrons. The van der Waals surface area contributed by atoms with Crippen molar-refractivity contribution in [2.45, 2.75) is 19.8 Å². The van der Waals surface area contributed by atoms with E-state index in [9.17, 15) is 4.79 Å². The van der Waals surface area contributed by atoms with Gasteiger partial charge in [0.05, 0.1) is 13.2 Å². The van der Waals surface area contributed by atoms with Crippen LogP contribution in [0.4, 0.5) is 0 Å². The van der Waals surface area contributed by atoms with Crippen LogP contribution < -0.4 is 0 Å². The number of benzene rings is 1. The van der Waals surface area contributed by atoms with Crippen molar-refractivity contribution in [3.05, 3.63) is 34.9 Å². The molecule has 0 spiro atoms. The highest BCUT2D eigenvalue weighted by Gasteiger charge is 2.17. The van der Waals surface area contributed by atoms with E-state index in [1.807, 2.05) is 30.0 Å². The van der Waals surface area contributed by atoms with Gasteiger partial charge in [-0.15, -0.1) is 0 Å². The summed E-state index contributed by atoms with van der Waals surface area (Å²) >= 11 is 0. The molecule has 0 saturated carbocycles. The summed E-state index contributed by atoms with van der Waals surface area (Å²) < 4.78 is 5.38. The van der Waals surface area contributed by atoms with Crippen molar-refractivity contribution >= 4 is 5.91 Å². The molecular weight excluding hydrogens is 266 g/mol. The summed E-state index contributed by atoms with van der Waals surface area (Å²) in [6, 6.07) is 5.59. The molecule has 1 aliphatic heterocycles. The fraction of sp³-hybridized carbons (Fsp3) is 0.471. The van der Waals surface area contributed by atoms with Crippen LogP contribution in [0.3, 0.4) is 0 Å². The van der Waals surface area contributed by atoms with Gasteiger partial charge in [0.2, 0.25) is 0 Å². The zero-order chi connectivity index (χ0) is 15.1. The Morgan fingerprint density at radius 1 is 1.38 bits per heavy atom. The van der Waals surface area contributed by atoms with Gasteiger partial charge >= 0.3 is 0 Å². The third kappa shape index (κ3) is 4.32. The molecule has 2 rings (SSSR count). The molecule has 1 aliphatic rings. The first-order valence-corrected chi connectivity index (χ1v) is 7.30. The Kier molecular flexibility index (Phi) is 5.79. The number of ether oxygens (including phenoxy) is 1. The summed E-state index contributed by atoms with van der Waals surface area (Å²) in [4.78, 5) is 14.3. The summed E-state index contributed by atoms with van der Waals surface area (Å²) in [5.41, 5.74) is 2.58. The molecule has 4 nitrogen and oxygen atoms in total. The lowest BCUT2D eigenvalue weighted by Crippen LogP contribution is -2.33. The fourth-order valence-corrected chi connectivity index (χ4v) is 2.28. The minimum absolute atomic E-state index is 0.0541. The van der Waals surface area contributed by atoms with Crippen molar-refractivity contribution < 1.29 is 14.6 Å². The second kappa shape index (κ2) is 7.82. The molecule has 0 atom stereocenters. The Morgan fingerprint density at radius 2 is 2.24 bits per heavy atom. The standard InChI is InChI=1S/C17H21NO3/c1-14-13-16(7-6-15(14)5-2-3-10-19)17(20)18-8-4-11-21-12-9-18/h6-7,13,19H,3-4,8-12H2,1H3. The highest BCUT2D eigenvalue weighted by atomic mass is 16.5. The van der Waals surface area contributed by atoms with E-state index in [0.29, 0.717) is 25.1 Å². The zero-order valence-electron chi connectivity index (χ0n) is 12.4. The van der Waals surface area contributed by atoms with E-state index in [0.717, 1.165) is 30.7 Å². The maximum absolute atomic E-state index is 12.5. The number of amides is 1. The lowest BCUT2D eigenvalue weighted by Gasteiger charge is -2.20. The van der Waals surface area contributed by atoms with E-state index >= 15 is 0 Å².